The van der Waals surface area contributed by atoms with E-state index in [-0.39, 0.29) is 0 Å². The van der Waals surface area contributed by atoms with Gasteiger partial charge in [-0.3, -0.25) is 0 Å². The van der Waals surface area contributed by atoms with Crippen LogP contribution in [0.15, 0.2) is 22.7 Å². The molecule has 1 fully saturated rings. The first-order chi connectivity index (χ1) is 8.65. The van der Waals surface area contributed by atoms with Gasteiger partial charge in [0.15, 0.2) is 0 Å². The lowest BCUT2D eigenvalue weighted by Gasteiger charge is -2.27. The zero-order valence-electron chi connectivity index (χ0n) is 11.1. The van der Waals surface area contributed by atoms with Crippen LogP contribution in [-0.2, 0) is 6.54 Å². The number of anilines is 1. The van der Waals surface area contributed by atoms with Crippen molar-refractivity contribution >= 4 is 21.6 Å². The number of halogens is 1. The van der Waals surface area contributed by atoms with Gasteiger partial charge in [-0.25, -0.2) is 0 Å². The highest BCUT2D eigenvalue weighted by Crippen LogP contribution is 2.40. The van der Waals surface area contributed by atoms with Gasteiger partial charge < -0.3 is 11.1 Å². The van der Waals surface area contributed by atoms with Crippen LogP contribution in [0, 0.1) is 5.41 Å². The largest absolute Gasteiger partial charge is 0.398 e. The standard InChI is InChI=1S/C15H23BrN2/c1-2-15(7-3-4-8-15)11-18-10-12-5-6-14(17)13(16)9-12/h5-6,9,18H,2-4,7-8,10-11,17H2,1H3. The summed E-state index contributed by atoms with van der Waals surface area (Å²) in [6.07, 6.45) is 6.89. The summed E-state index contributed by atoms with van der Waals surface area (Å²) in [5.74, 6) is 0. The van der Waals surface area contributed by atoms with Crippen molar-refractivity contribution in [1.29, 1.82) is 0 Å². The quantitative estimate of drug-likeness (QED) is 0.804. The summed E-state index contributed by atoms with van der Waals surface area (Å²) in [5.41, 5.74) is 8.45. The first kappa shape index (κ1) is 13.9. The van der Waals surface area contributed by atoms with Crippen LogP contribution in [0.2, 0.25) is 0 Å². The van der Waals surface area contributed by atoms with E-state index >= 15 is 0 Å². The molecule has 3 heteroatoms. The molecule has 0 radical (unpaired) electrons. The fourth-order valence-electron chi connectivity index (χ4n) is 2.93. The van der Waals surface area contributed by atoms with Gasteiger partial charge in [-0.05, 0) is 58.3 Å². The molecule has 1 saturated carbocycles. The van der Waals surface area contributed by atoms with E-state index in [2.05, 4.69) is 40.3 Å². The summed E-state index contributed by atoms with van der Waals surface area (Å²) in [5, 5.41) is 3.62. The van der Waals surface area contributed by atoms with E-state index in [9.17, 15) is 0 Å². The van der Waals surface area contributed by atoms with Gasteiger partial charge in [0.1, 0.15) is 0 Å². The number of hydrogen-bond donors (Lipinski definition) is 2. The molecule has 100 valence electrons. The van der Waals surface area contributed by atoms with Gasteiger partial charge in [0.2, 0.25) is 0 Å². The average molecular weight is 311 g/mol. The van der Waals surface area contributed by atoms with Crippen molar-refractivity contribution in [3.05, 3.63) is 28.2 Å². The minimum Gasteiger partial charge on any atom is -0.398 e. The van der Waals surface area contributed by atoms with E-state index in [4.69, 9.17) is 5.73 Å². The number of rotatable bonds is 5. The summed E-state index contributed by atoms with van der Waals surface area (Å²) in [4.78, 5) is 0. The fourth-order valence-corrected chi connectivity index (χ4v) is 3.36. The number of nitrogen functional groups attached to an aromatic ring is 1. The van der Waals surface area contributed by atoms with Crippen molar-refractivity contribution < 1.29 is 0 Å². The maximum Gasteiger partial charge on any atom is 0.0458 e. The van der Waals surface area contributed by atoms with E-state index in [1.807, 2.05) is 6.07 Å². The average Bonchev–Trinajstić information content (AvgIpc) is 2.83. The van der Waals surface area contributed by atoms with E-state index < -0.39 is 0 Å². The maximum absolute atomic E-state index is 5.79. The molecule has 1 aliphatic carbocycles. The zero-order valence-corrected chi connectivity index (χ0v) is 12.7. The minimum atomic E-state index is 0.561. The van der Waals surface area contributed by atoms with Gasteiger partial charge in [0.05, 0.1) is 0 Å². The first-order valence-corrected chi connectivity index (χ1v) is 7.69. The van der Waals surface area contributed by atoms with E-state index in [1.54, 1.807) is 0 Å². The Kier molecular flexibility index (Phi) is 4.68. The predicted molar refractivity (Wildman–Crippen MR) is 81.5 cm³/mol. The molecular weight excluding hydrogens is 288 g/mol. The molecule has 0 atom stereocenters. The molecule has 0 unspecified atom stereocenters. The normalized spacial score (nSPS) is 18.1. The summed E-state index contributed by atoms with van der Waals surface area (Å²) in [6, 6.07) is 6.17. The second kappa shape index (κ2) is 6.07. The predicted octanol–water partition coefficient (Wildman–Crippen LogP) is 4.09. The summed E-state index contributed by atoms with van der Waals surface area (Å²) in [7, 11) is 0. The van der Waals surface area contributed by atoms with Crippen LogP contribution in [0.5, 0.6) is 0 Å². The smallest absolute Gasteiger partial charge is 0.0458 e. The van der Waals surface area contributed by atoms with Gasteiger partial charge in [-0.15, -0.1) is 0 Å². The fraction of sp³-hybridized carbons (Fsp3) is 0.600. The Hall–Kier alpha value is -0.540. The number of nitrogens with two attached hydrogens (primary N) is 1. The van der Waals surface area contributed by atoms with Crippen LogP contribution in [0.1, 0.15) is 44.6 Å². The summed E-state index contributed by atoms with van der Waals surface area (Å²) >= 11 is 3.48. The Balaban J connectivity index is 1.86. The topological polar surface area (TPSA) is 38.0 Å². The van der Waals surface area contributed by atoms with E-state index in [0.717, 1.165) is 23.2 Å². The molecule has 1 aliphatic rings. The Morgan fingerprint density at radius 3 is 2.67 bits per heavy atom. The second-order valence-corrected chi connectivity index (χ2v) is 6.37. The van der Waals surface area contributed by atoms with Gasteiger partial charge in [-0.2, -0.15) is 0 Å². The molecule has 2 nitrogen and oxygen atoms in total. The van der Waals surface area contributed by atoms with Crippen molar-refractivity contribution in [2.45, 2.75) is 45.6 Å². The Bertz CT molecular complexity index is 397. The molecule has 0 bridgehead atoms. The van der Waals surface area contributed by atoms with Crippen molar-refractivity contribution in [3.63, 3.8) is 0 Å². The molecule has 0 aliphatic heterocycles. The lowest BCUT2D eigenvalue weighted by Crippen LogP contribution is -2.31. The summed E-state index contributed by atoms with van der Waals surface area (Å²) < 4.78 is 0.993. The van der Waals surface area contributed by atoms with Crippen molar-refractivity contribution in [2.75, 3.05) is 12.3 Å². The molecule has 0 amide bonds. The minimum absolute atomic E-state index is 0.561. The highest BCUT2D eigenvalue weighted by molar-refractivity contribution is 9.10. The highest BCUT2D eigenvalue weighted by atomic mass is 79.9. The first-order valence-electron chi connectivity index (χ1n) is 6.90. The number of hydrogen-bond acceptors (Lipinski definition) is 2. The lowest BCUT2D eigenvalue weighted by molar-refractivity contribution is 0.268. The van der Waals surface area contributed by atoms with E-state index in [0.29, 0.717) is 5.41 Å². The van der Waals surface area contributed by atoms with E-state index in [1.165, 1.54) is 37.7 Å². The molecule has 1 aromatic carbocycles. The van der Waals surface area contributed by atoms with Crippen LogP contribution in [0.3, 0.4) is 0 Å². The Labute approximate surface area is 118 Å². The molecule has 1 aromatic rings. The monoisotopic (exact) mass is 310 g/mol. The van der Waals surface area contributed by atoms with Crippen molar-refractivity contribution in [3.8, 4) is 0 Å². The third-order valence-electron chi connectivity index (χ3n) is 4.31. The summed E-state index contributed by atoms with van der Waals surface area (Å²) in [6.45, 7) is 4.40. The Morgan fingerprint density at radius 2 is 2.06 bits per heavy atom. The van der Waals surface area contributed by atoms with Gasteiger partial charge >= 0.3 is 0 Å². The third kappa shape index (κ3) is 3.27. The van der Waals surface area contributed by atoms with Crippen molar-refractivity contribution in [2.24, 2.45) is 5.41 Å². The molecule has 0 aromatic heterocycles. The molecule has 3 N–H and O–H groups in total. The lowest BCUT2D eigenvalue weighted by atomic mass is 9.83. The van der Waals surface area contributed by atoms with Crippen molar-refractivity contribution in [1.82, 2.24) is 5.32 Å². The van der Waals surface area contributed by atoms with Gasteiger partial charge in [0, 0.05) is 23.2 Å². The van der Waals surface area contributed by atoms with Crippen LogP contribution in [0.25, 0.3) is 0 Å². The molecular formula is C15H23BrN2. The molecule has 2 rings (SSSR count). The third-order valence-corrected chi connectivity index (χ3v) is 4.99. The van der Waals surface area contributed by atoms with Crippen LogP contribution in [0.4, 0.5) is 5.69 Å². The SMILES string of the molecule is CCC1(CNCc2ccc(N)c(Br)c2)CCCC1. The van der Waals surface area contributed by atoms with Crippen LogP contribution < -0.4 is 11.1 Å². The van der Waals surface area contributed by atoms with Crippen LogP contribution in [-0.4, -0.2) is 6.54 Å². The van der Waals surface area contributed by atoms with Crippen LogP contribution >= 0.6 is 15.9 Å². The molecule has 18 heavy (non-hydrogen) atoms. The highest BCUT2D eigenvalue weighted by Gasteiger charge is 2.31. The molecule has 0 saturated heterocycles. The number of benzene rings is 1. The Morgan fingerprint density at radius 1 is 1.33 bits per heavy atom. The molecule has 0 spiro atoms. The zero-order chi connectivity index (χ0) is 13.0. The molecule has 0 heterocycles. The van der Waals surface area contributed by atoms with Gasteiger partial charge in [0.25, 0.3) is 0 Å². The second-order valence-electron chi connectivity index (χ2n) is 5.52. The maximum atomic E-state index is 5.79. The number of nitrogens with one attached hydrogen (secondary N) is 1. The van der Waals surface area contributed by atoms with Gasteiger partial charge in [-0.1, -0.05) is 25.8 Å².